The Balaban J connectivity index is 1.39. The van der Waals surface area contributed by atoms with Crippen molar-refractivity contribution in [2.24, 2.45) is 0 Å². The molecule has 3 aromatic rings. The molecule has 2 amide bonds. The number of pyridine rings is 1. The third-order valence-corrected chi connectivity index (χ3v) is 4.51. The summed E-state index contributed by atoms with van der Waals surface area (Å²) in [6, 6.07) is 8.49. The van der Waals surface area contributed by atoms with E-state index in [1.165, 1.54) is 6.20 Å². The lowest BCUT2D eigenvalue weighted by Gasteiger charge is -2.33. The van der Waals surface area contributed by atoms with Crippen LogP contribution in [-0.4, -0.2) is 57.9 Å². The maximum Gasteiger partial charge on any atom is 0.415 e. The lowest BCUT2D eigenvalue weighted by Crippen LogP contribution is -2.51. The van der Waals surface area contributed by atoms with Crippen LogP contribution in [0.2, 0.25) is 5.02 Å². The van der Waals surface area contributed by atoms with E-state index in [1.54, 1.807) is 46.3 Å². The van der Waals surface area contributed by atoms with E-state index in [0.717, 1.165) is 0 Å². The largest absolute Gasteiger partial charge is 0.431 e. The second-order valence-electron chi connectivity index (χ2n) is 5.94. The molecule has 0 saturated carbocycles. The van der Waals surface area contributed by atoms with Crippen LogP contribution >= 0.6 is 11.6 Å². The first kappa shape index (κ1) is 17.3. The molecule has 1 fully saturated rings. The Morgan fingerprint density at radius 3 is 2.56 bits per heavy atom. The van der Waals surface area contributed by atoms with Crippen molar-refractivity contribution in [3.05, 3.63) is 53.6 Å². The van der Waals surface area contributed by atoms with Crippen LogP contribution in [0.25, 0.3) is 11.1 Å². The van der Waals surface area contributed by atoms with Gasteiger partial charge in [0.2, 0.25) is 0 Å². The van der Waals surface area contributed by atoms with Gasteiger partial charge >= 0.3 is 12.0 Å². The Morgan fingerprint density at radius 1 is 1.07 bits per heavy atom. The van der Waals surface area contributed by atoms with Crippen LogP contribution in [0, 0.1) is 0 Å². The van der Waals surface area contributed by atoms with Crippen LogP contribution in [-0.2, 0) is 0 Å². The van der Waals surface area contributed by atoms with Crippen molar-refractivity contribution in [2.75, 3.05) is 26.2 Å². The summed E-state index contributed by atoms with van der Waals surface area (Å²) in [4.78, 5) is 36.1. The molecule has 4 rings (SSSR count). The molecular weight excluding hydrogens is 372 g/mol. The summed E-state index contributed by atoms with van der Waals surface area (Å²) in [5.41, 5.74) is 0.922. The predicted octanol–water partition coefficient (Wildman–Crippen LogP) is 2.83. The van der Waals surface area contributed by atoms with Gasteiger partial charge in [0.1, 0.15) is 5.52 Å². The number of benzene rings is 1. The number of amides is 2. The molecule has 0 spiro atoms. The molecule has 1 aliphatic heterocycles. The van der Waals surface area contributed by atoms with E-state index in [9.17, 15) is 9.59 Å². The topological polar surface area (TPSA) is 88.8 Å². The number of oxazole rings is 1. The SMILES string of the molecule is O=C(Oc1cccnc1)N1CCN(C(=O)c2nc3cccc(Cl)c3o2)CC1. The van der Waals surface area contributed by atoms with Crippen molar-refractivity contribution in [3.63, 3.8) is 0 Å². The fourth-order valence-electron chi connectivity index (χ4n) is 2.81. The minimum atomic E-state index is -0.469. The number of nitrogens with zero attached hydrogens (tertiary/aromatic N) is 4. The van der Waals surface area contributed by atoms with Crippen molar-refractivity contribution in [1.29, 1.82) is 0 Å². The van der Waals surface area contributed by atoms with Crippen LogP contribution < -0.4 is 4.74 Å². The fourth-order valence-corrected chi connectivity index (χ4v) is 3.02. The molecule has 0 unspecified atom stereocenters. The Labute approximate surface area is 159 Å². The molecule has 27 heavy (non-hydrogen) atoms. The van der Waals surface area contributed by atoms with Gasteiger partial charge in [-0.2, -0.15) is 0 Å². The number of hydrogen-bond acceptors (Lipinski definition) is 6. The summed E-state index contributed by atoms with van der Waals surface area (Å²) >= 11 is 6.06. The first-order valence-corrected chi connectivity index (χ1v) is 8.71. The number of para-hydroxylation sites is 1. The summed E-state index contributed by atoms with van der Waals surface area (Å²) in [6.45, 7) is 1.42. The first-order valence-electron chi connectivity index (χ1n) is 8.33. The zero-order valence-electron chi connectivity index (χ0n) is 14.2. The third kappa shape index (κ3) is 3.56. The molecule has 0 aliphatic carbocycles. The maximum atomic E-state index is 12.6. The molecule has 1 aromatic carbocycles. The number of fused-ring (bicyclic) bond motifs is 1. The quantitative estimate of drug-likeness (QED) is 0.672. The lowest BCUT2D eigenvalue weighted by atomic mass is 10.3. The Hall–Kier alpha value is -3.13. The molecule has 1 saturated heterocycles. The van der Waals surface area contributed by atoms with Gasteiger partial charge in [-0.3, -0.25) is 9.78 Å². The highest BCUT2D eigenvalue weighted by Gasteiger charge is 2.28. The second-order valence-corrected chi connectivity index (χ2v) is 6.35. The molecule has 9 heteroatoms. The van der Waals surface area contributed by atoms with Gasteiger partial charge in [0, 0.05) is 32.4 Å². The van der Waals surface area contributed by atoms with Crippen LogP contribution in [0.1, 0.15) is 10.7 Å². The van der Waals surface area contributed by atoms with Gasteiger partial charge < -0.3 is 19.0 Å². The van der Waals surface area contributed by atoms with E-state index >= 15 is 0 Å². The Morgan fingerprint density at radius 2 is 1.85 bits per heavy atom. The summed E-state index contributed by atoms with van der Waals surface area (Å²) in [6.07, 6.45) is 2.60. The summed E-state index contributed by atoms with van der Waals surface area (Å²) < 4.78 is 10.8. The van der Waals surface area contributed by atoms with Gasteiger partial charge in [-0.05, 0) is 24.3 Å². The Kier molecular flexibility index (Phi) is 4.64. The highest BCUT2D eigenvalue weighted by atomic mass is 35.5. The van der Waals surface area contributed by atoms with E-state index in [2.05, 4.69) is 9.97 Å². The molecule has 138 valence electrons. The Bertz CT molecular complexity index is 983. The van der Waals surface area contributed by atoms with Crippen molar-refractivity contribution in [1.82, 2.24) is 19.8 Å². The first-order chi connectivity index (χ1) is 13.1. The number of aromatic nitrogens is 2. The number of halogens is 1. The van der Waals surface area contributed by atoms with Gasteiger partial charge in [0.05, 0.1) is 11.2 Å². The fraction of sp³-hybridized carbons (Fsp3) is 0.222. The van der Waals surface area contributed by atoms with E-state index in [1.807, 2.05) is 0 Å². The van der Waals surface area contributed by atoms with Gasteiger partial charge in [-0.1, -0.05) is 17.7 Å². The van der Waals surface area contributed by atoms with Gasteiger partial charge in [0.25, 0.3) is 5.89 Å². The van der Waals surface area contributed by atoms with Crippen LogP contribution in [0.4, 0.5) is 4.79 Å². The van der Waals surface area contributed by atoms with Crippen LogP contribution in [0.3, 0.4) is 0 Å². The number of carbonyl (C=O) groups excluding carboxylic acids is 2. The third-order valence-electron chi connectivity index (χ3n) is 4.21. The number of piperazine rings is 1. The van der Waals surface area contributed by atoms with Gasteiger partial charge in [-0.15, -0.1) is 0 Å². The lowest BCUT2D eigenvalue weighted by molar-refractivity contribution is 0.0599. The average molecular weight is 387 g/mol. The molecule has 0 radical (unpaired) electrons. The van der Waals surface area contributed by atoms with E-state index in [-0.39, 0.29) is 11.8 Å². The second kappa shape index (κ2) is 7.24. The molecular formula is C18H15ClN4O4. The zero-order chi connectivity index (χ0) is 18.8. The van der Waals surface area contributed by atoms with E-state index < -0.39 is 6.09 Å². The molecule has 1 aliphatic rings. The molecule has 0 bridgehead atoms. The number of rotatable bonds is 2. The summed E-state index contributed by atoms with van der Waals surface area (Å²) in [7, 11) is 0. The molecule has 8 nitrogen and oxygen atoms in total. The molecule has 0 N–H and O–H groups in total. The highest BCUT2D eigenvalue weighted by Crippen LogP contribution is 2.24. The van der Waals surface area contributed by atoms with Gasteiger partial charge in [0.15, 0.2) is 11.3 Å². The van der Waals surface area contributed by atoms with E-state index in [4.69, 9.17) is 20.8 Å². The standard InChI is InChI=1S/C18H15ClN4O4/c19-13-4-1-5-14-15(13)27-16(21-14)17(24)22-7-9-23(10-8-22)18(25)26-12-3-2-6-20-11-12/h1-6,11H,7-10H2. The number of hydrogen-bond donors (Lipinski definition) is 0. The number of carbonyl (C=O) groups is 2. The van der Waals surface area contributed by atoms with E-state index in [0.29, 0.717) is 48.1 Å². The van der Waals surface area contributed by atoms with Crippen molar-refractivity contribution < 1.29 is 18.7 Å². The summed E-state index contributed by atoms with van der Waals surface area (Å²) in [5, 5.41) is 0.405. The maximum absolute atomic E-state index is 12.6. The van der Waals surface area contributed by atoms with Crippen molar-refractivity contribution in [2.45, 2.75) is 0 Å². The minimum Gasteiger partial charge on any atom is -0.431 e. The highest BCUT2D eigenvalue weighted by molar-refractivity contribution is 6.34. The molecule has 0 atom stereocenters. The molecule has 2 aromatic heterocycles. The zero-order valence-corrected chi connectivity index (χ0v) is 14.9. The smallest absolute Gasteiger partial charge is 0.415 e. The average Bonchev–Trinajstić information content (AvgIpc) is 3.14. The summed E-state index contributed by atoms with van der Waals surface area (Å²) in [5.74, 6) is 0.0383. The van der Waals surface area contributed by atoms with Crippen molar-refractivity contribution in [3.8, 4) is 5.75 Å². The number of ether oxygens (including phenoxy) is 1. The molecule has 3 heterocycles. The van der Waals surface area contributed by atoms with Crippen LogP contribution in [0.5, 0.6) is 5.75 Å². The normalized spacial score (nSPS) is 14.4. The van der Waals surface area contributed by atoms with Gasteiger partial charge in [-0.25, -0.2) is 9.78 Å². The monoisotopic (exact) mass is 386 g/mol. The van der Waals surface area contributed by atoms with Crippen LogP contribution in [0.15, 0.2) is 47.1 Å². The van der Waals surface area contributed by atoms with Crippen molar-refractivity contribution >= 4 is 34.7 Å². The minimum absolute atomic E-state index is 0.00973. The predicted molar refractivity (Wildman–Crippen MR) is 96.8 cm³/mol.